The Morgan fingerprint density at radius 2 is 1.83 bits per heavy atom. The SMILES string of the molecule is CS(=O)(=O)C1(c2ccc(Cl)cc2Cl)CCC(=O)C(C2CC2)C1=O. The van der Waals surface area contributed by atoms with Gasteiger partial charge in [-0.05, 0) is 42.9 Å². The zero-order valence-electron chi connectivity index (χ0n) is 12.5. The van der Waals surface area contributed by atoms with Gasteiger partial charge in [0.2, 0.25) is 0 Å². The van der Waals surface area contributed by atoms with Gasteiger partial charge in [0.25, 0.3) is 0 Å². The zero-order valence-corrected chi connectivity index (χ0v) is 14.8. The molecule has 0 heterocycles. The van der Waals surface area contributed by atoms with Gasteiger partial charge in [0.05, 0.1) is 5.92 Å². The van der Waals surface area contributed by atoms with E-state index in [0.29, 0.717) is 5.02 Å². The number of sulfone groups is 1. The topological polar surface area (TPSA) is 68.3 Å². The van der Waals surface area contributed by atoms with E-state index < -0.39 is 26.3 Å². The fourth-order valence-electron chi connectivity index (χ4n) is 3.53. The molecule has 2 saturated carbocycles. The quantitative estimate of drug-likeness (QED) is 0.761. The highest BCUT2D eigenvalue weighted by Crippen LogP contribution is 2.50. The van der Waals surface area contributed by atoms with Crippen molar-refractivity contribution in [3.05, 3.63) is 33.8 Å². The fraction of sp³-hybridized carbons (Fsp3) is 0.500. The predicted octanol–water partition coefficient (Wildman–Crippen LogP) is 3.19. The van der Waals surface area contributed by atoms with Gasteiger partial charge in [-0.1, -0.05) is 29.3 Å². The summed E-state index contributed by atoms with van der Waals surface area (Å²) in [5.41, 5.74) is 0.231. The molecule has 0 bridgehead atoms. The molecule has 0 aliphatic heterocycles. The first-order valence-electron chi connectivity index (χ1n) is 7.40. The van der Waals surface area contributed by atoms with E-state index in [-0.39, 0.29) is 35.1 Å². The second-order valence-electron chi connectivity index (χ2n) is 6.37. The van der Waals surface area contributed by atoms with Crippen LogP contribution < -0.4 is 0 Å². The van der Waals surface area contributed by atoms with E-state index in [1.165, 1.54) is 18.2 Å². The highest BCUT2D eigenvalue weighted by molar-refractivity contribution is 7.92. The molecule has 1 aromatic carbocycles. The normalized spacial score (nSPS) is 28.9. The average molecular weight is 375 g/mol. The van der Waals surface area contributed by atoms with Gasteiger partial charge in [0.15, 0.2) is 20.4 Å². The lowest BCUT2D eigenvalue weighted by Gasteiger charge is -2.38. The van der Waals surface area contributed by atoms with Crippen molar-refractivity contribution in [2.45, 2.75) is 30.4 Å². The van der Waals surface area contributed by atoms with Crippen molar-refractivity contribution in [1.29, 1.82) is 0 Å². The number of hydrogen-bond acceptors (Lipinski definition) is 4. The first-order valence-corrected chi connectivity index (χ1v) is 10.1. The first kappa shape index (κ1) is 16.9. The Labute approximate surface area is 145 Å². The Kier molecular flexibility index (Phi) is 4.10. The molecule has 0 amide bonds. The Bertz CT molecular complexity index is 798. The van der Waals surface area contributed by atoms with Gasteiger partial charge in [-0.2, -0.15) is 0 Å². The van der Waals surface area contributed by atoms with Crippen LogP contribution >= 0.6 is 23.2 Å². The number of halogens is 2. The van der Waals surface area contributed by atoms with Gasteiger partial charge in [-0.15, -0.1) is 0 Å². The standard InChI is InChI=1S/C16H16Cl2O4S/c1-23(21,22)16(11-5-4-10(17)8-12(11)18)7-6-13(19)14(15(16)20)9-2-3-9/h4-5,8-9,14H,2-3,6-7H2,1H3. The molecule has 3 rings (SSSR count). The number of benzene rings is 1. The van der Waals surface area contributed by atoms with Crippen molar-refractivity contribution < 1.29 is 18.0 Å². The van der Waals surface area contributed by atoms with Crippen LogP contribution in [0, 0.1) is 11.8 Å². The van der Waals surface area contributed by atoms with Crippen LogP contribution in [0.5, 0.6) is 0 Å². The maximum Gasteiger partial charge on any atom is 0.169 e. The molecule has 2 aliphatic carbocycles. The first-order chi connectivity index (χ1) is 10.7. The lowest BCUT2D eigenvalue weighted by atomic mass is 9.73. The molecule has 23 heavy (non-hydrogen) atoms. The van der Waals surface area contributed by atoms with Crippen molar-refractivity contribution in [3.63, 3.8) is 0 Å². The summed E-state index contributed by atoms with van der Waals surface area (Å²) in [7, 11) is -3.82. The van der Waals surface area contributed by atoms with E-state index in [9.17, 15) is 18.0 Å². The summed E-state index contributed by atoms with van der Waals surface area (Å²) in [6.07, 6.45) is 2.62. The van der Waals surface area contributed by atoms with E-state index in [0.717, 1.165) is 19.1 Å². The van der Waals surface area contributed by atoms with Crippen molar-refractivity contribution in [3.8, 4) is 0 Å². The van der Waals surface area contributed by atoms with Crippen LogP contribution in [-0.2, 0) is 24.2 Å². The van der Waals surface area contributed by atoms with E-state index >= 15 is 0 Å². The second-order valence-corrected chi connectivity index (χ2v) is 9.45. The molecular weight excluding hydrogens is 359 g/mol. The third-order valence-corrected chi connectivity index (χ3v) is 7.28. The van der Waals surface area contributed by atoms with Crippen LogP contribution in [0.3, 0.4) is 0 Å². The summed E-state index contributed by atoms with van der Waals surface area (Å²) < 4.78 is 23.5. The average Bonchev–Trinajstić information content (AvgIpc) is 3.23. The van der Waals surface area contributed by atoms with Crippen LogP contribution in [0.2, 0.25) is 10.0 Å². The van der Waals surface area contributed by atoms with Gasteiger partial charge in [0, 0.05) is 22.7 Å². The van der Waals surface area contributed by atoms with Crippen LogP contribution in [0.15, 0.2) is 18.2 Å². The summed E-state index contributed by atoms with van der Waals surface area (Å²) in [5.74, 6) is -1.53. The number of carbonyl (C=O) groups excluding carboxylic acids is 2. The molecule has 4 nitrogen and oxygen atoms in total. The largest absolute Gasteiger partial charge is 0.299 e. The zero-order chi connectivity index (χ0) is 17.0. The van der Waals surface area contributed by atoms with Crippen molar-refractivity contribution in [2.75, 3.05) is 6.26 Å². The maximum atomic E-state index is 13.1. The van der Waals surface area contributed by atoms with Crippen LogP contribution in [0.4, 0.5) is 0 Å². The van der Waals surface area contributed by atoms with Gasteiger partial charge in [-0.3, -0.25) is 9.59 Å². The smallest absolute Gasteiger partial charge is 0.169 e. The van der Waals surface area contributed by atoms with E-state index in [1.54, 1.807) is 0 Å². The molecular formula is C16H16Cl2O4S. The molecule has 2 aliphatic rings. The van der Waals surface area contributed by atoms with E-state index in [1.807, 2.05) is 0 Å². The van der Waals surface area contributed by atoms with Gasteiger partial charge in [-0.25, -0.2) is 8.42 Å². The summed E-state index contributed by atoms with van der Waals surface area (Å²) >= 11 is 12.1. The summed E-state index contributed by atoms with van der Waals surface area (Å²) in [4.78, 5) is 25.3. The van der Waals surface area contributed by atoms with Crippen molar-refractivity contribution in [1.82, 2.24) is 0 Å². The minimum absolute atomic E-state index is 0.0255. The fourth-order valence-corrected chi connectivity index (χ4v) is 5.70. The molecule has 2 unspecified atom stereocenters. The van der Waals surface area contributed by atoms with Crippen molar-refractivity contribution in [2.24, 2.45) is 11.8 Å². The molecule has 7 heteroatoms. The molecule has 0 aromatic heterocycles. The number of hydrogen-bond donors (Lipinski definition) is 0. The molecule has 0 N–H and O–H groups in total. The maximum absolute atomic E-state index is 13.1. The lowest BCUT2D eigenvalue weighted by Crippen LogP contribution is -2.52. The molecule has 0 radical (unpaired) electrons. The predicted molar refractivity (Wildman–Crippen MR) is 88.4 cm³/mol. The Morgan fingerprint density at radius 1 is 1.17 bits per heavy atom. The highest BCUT2D eigenvalue weighted by Gasteiger charge is 2.59. The van der Waals surface area contributed by atoms with Gasteiger partial charge in [0.1, 0.15) is 5.78 Å². The lowest BCUT2D eigenvalue weighted by molar-refractivity contribution is -0.138. The van der Waals surface area contributed by atoms with Gasteiger partial charge >= 0.3 is 0 Å². The molecule has 2 fully saturated rings. The van der Waals surface area contributed by atoms with Crippen LogP contribution in [0.1, 0.15) is 31.2 Å². The molecule has 0 spiro atoms. The second kappa shape index (κ2) is 5.57. The van der Waals surface area contributed by atoms with E-state index in [4.69, 9.17) is 23.2 Å². The number of carbonyl (C=O) groups is 2. The van der Waals surface area contributed by atoms with Crippen LogP contribution in [-0.4, -0.2) is 26.2 Å². The molecule has 0 saturated heterocycles. The molecule has 2 atom stereocenters. The van der Waals surface area contributed by atoms with Gasteiger partial charge < -0.3 is 0 Å². The number of ketones is 2. The Morgan fingerprint density at radius 3 is 2.35 bits per heavy atom. The monoisotopic (exact) mass is 374 g/mol. The van der Waals surface area contributed by atoms with E-state index in [2.05, 4.69) is 0 Å². The molecule has 124 valence electrons. The third kappa shape index (κ3) is 2.63. The Hall–Kier alpha value is -0.910. The minimum Gasteiger partial charge on any atom is -0.299 e. The molecule has 1 aromatic rings. The third-order valence-electron chi connectivity index (χ3n) is 4.84. The van der Waals surface area contributed by atoms with Crippen molar-refractivity contribution >= 4 is 44.6 Å². The summed E-state index contributed by atoms with van der Waals surface area (Å²) in [6, 6.07) is 4.44. The summed E-state index contributed by atoms with van der Waals surface area (Å²) in [6.45, 7) is 0. The number of rotatable bonds is 3. The number of Topliss-reactive ketones (excluding diaryl/α,β-unsaturated/α-hetero) is 2. The summed E-state index contributed by atoms with van der Waals surface area (Å²) in [5, 5.41) is 0.501. The Balaban J connectivity index is 2.22. The minimum atomic E-state index is -3.82. The van der Waals surface area contributed by atoms with Crippen LogP contribution in [0.25, 0.3) is 0 Å². The highest BCUT2D eigenvalue weighted by atomic mass is 35.5.